The average molecular weight is 282 g/mol. The molecule has 1 aromatic rings. The molecule has 0 amide bonds. The van der Waals surface area contributed by atoms with Crippen LogP contribution in [-0.4, -0.2) is 23.9 Å². The molecule has 1 aromatic heterocycles. The SMILES string of the molecule is CCC(C)c1nc(N(CC(C)C)C(C)C)sc1C=O. The van der Waals surface area contributed by atoms with Crippen molar-refractivity contribution in [3.63, 3.8) is 0 Å². The minimum atomic E-state index is 0.346. The van der Waals surface area contributed by atoms with Crippen LogP contribution in [-0.2, 0) is 0 Å². The molecular formula is C15H26N2OS. The highest BCUT2D eigenvalue weighted by molar-refractivity contribution is 7.17. The van der Waals surface area contributed by atoms with Gasteiger partial charge in [-0.1, -0.05) is 39.0 Å². The van der Waals surface area contributed by atoms with Gasteiger partial charge >= 0.3 is 0 Å². The van der Waals surface area contributed by atoms with E-state index in [4.69, 9.17) is 4.98 Å². The molecule has 1 rings (SSSR count). The number of hydrogen-bond donors (Lipinski definition) is 0. The quantitative estimate of drug-likeness (QED) is 0.697. The maximum absolute atomic E-state index is 11.2. The number of carbonyl (C=O) groups excluding carboxylic acids is 1. The molecule has 0 spiro atoms. The third-order valence-corrected chi connectivity index (χ3v) is 4.32. The minimum Gasteiger partial charge on any atom is -0.345 e. The monoisotopic (exact) mass is 282 g/mol. The Morgan fingerprint density at radius 2 is 1.89 bits per heavy atom. The van der Waals surface area contributed by atoms with E-state index in [2.05, 4.69) is 46.4 Å². The molecule has 0 saturated carbocycles. The molecule has 0 N–H and O–H groups in total. The van der Waals surface area contributed by atoms with E-state index in [1.807, 2.05) is 0 Å². The molecule has 0 bridgehead atoms. The zero-order valence-corrected chi connectivity index (χ0v) is 13.8. The van der Waals surface area contributed by atoms with Crippen LogP contribution in [0.1, 0.15) is 69.2 Å². The van der Waals surface area contributed by atoms with Crippen molar-refractivity contribution < 1.29 is 4.79 Å². The molecule has 108 valence electrons. The predicted molar refractivity (Wildman–Crippen MR) is 83.5 cm³/mol. The van der Waals surface area contributed by atoms with E-state index in [1.165, 1.54) is 11.3 Å². The van der Waals surface area contributed by atoms with Gasteiger partial charge in [0.1, 0.15) is 0 Å². The average Bonchev–Trinajstić information content (AvgIpc) is 2.78. The van der Waals surface area contributed by atoms with Crippen LogP contribution in [0.2, 0.25) is 0 Å². The highest BCUT2D eigenvalue weighted by atomic mass is 32.1. The molecule has 0 aliphatic rings. The fourth-order valence-corrected chi connectivity index (χ4v) is 3.13. The smallest absolute Gasteiger partial charge is 0.186 e. The van der Waals surface area contributed by atoms with Crippen LogP contribution in [0.5, 0.6) is 0 Å². The lowest BCUT2D eigenvalue weighted by Crippen LogP contribution is -2.34. The van der Waals surface area contributed by atoms with Gasteiger partial charge in [0.05, 0.1) is 10.6 Å². The molecule has 1 heterocycles. The highest BCUT2D eigenvalue weighted by Crippen LogP contribution is 2.32. The number of aromatic nitrogens is 1. The third kappa shape index (κ3) is 4.03. The van der Waals surface area contributed by atoms with E-state index < -0.39 is 0 Å². The number of aldehydes is 1. The number of carbonyl (C=O) groups is 1. The zero-order chi connectivity index (χ0) is 14.6. The summed E-state index contributed by atoms with van der Waals surface area (Å²) >= 11 is 1.53. The summed E-state index contributed by atoms with van der Waals surface area (Å²) < 4.78 is 0. The minimum absolute atomic E-state index is 0.346. The lowest BCUT2D eigenvalue weighted by Gasteiger charge is -2.27. The molecular weight excluding hydrogens is 256 g/mol. The molecule has 0 saturated heterocycles. The Bertz CT molecular complexity index is 412. The Morgan fingerprint density at radius 1 is 1.26 bits per heavy atom. The lowest BCUT2D eigenvalue weighted by atomic mass is 10.0. The maximum atomic E-state index is 11.2. The summed E-state index contributed by atoms with van der Waals surface area (Å²) in [6, 6.07) is 0.401. The van der Waals surface area contributed by atoms with Crippen molar-refractivity contribution in [1.29, 1.82) is 0 Å². The number of rotatable bonds is 7. The molecule has 0 aliphatic carbocycles. The number of nitrogens with zero attached hydrogens (tertiary/aromatic N) is 2. The second kappa shape index (κ2) is 7.04. The van der Waals surface area contributed by atoms with E-state index in [9.17, 15) is 4.79 Å². The molecule has 4 heteroatoms. The van der Waals surface area contributed by atoms with Crippen molar-refractivity contribution in [3.05, 3.63) is 10.6 Å². The van der Waals surface area contributed by atoms with Gasteiger partial charge in [0.15, 0.2) is 11.4 Å². The van der Waals surface area contributed by atoms with Crippen LogP contribution < -0.4 is 4.90 Å². The summed E-state index contributed by atoms with van der Waals surface area (Å²) in [5.41, 5.74) is 0.965. The zero-order valence-electron chi connectivity index (χ0n) is 12.9. The van der Waals surface area contributed by atoms with E-state index in [-0.39, 0.29) is 0 Å². The summed E-state index contributed by atoms with van der Waals surface area (Å²) in [6.45, 7) is 14.0. The summed E-state index contributed by atoms with van der Waals surface area (Å²) in [5, 5.41) is 0.987. The highest BCUT2D eigenvalue weighted by Gasteiger charge is 2.21. The summed E-state index contributed by atoms with van der Waals surface area (Å²) in [4.78, 5) is 19.1. The topological polar surface area (TPSA) is 33.2 Å². The Balaban J connectivity index is 3.10. The number of hydrogen-bond acceptors (Lipinski definition) is 4. The molecule has 0 aliphatic heterocycles. The second-order valence-corrected chi connectivity index (χ2v) is 6.82. The predicted octanol–water partition coefficient (Wildman–Crippen LogP) is 4.34. The molecule has 0 aromatic carbocycles. The molecule has 1 atom stereocenters. The lowest BCUT2D eigenvalue weighted by molar-refractivity contribution is 0.112. The standard InChI is InChI=1S/C15H26N2OS/c1-7-12(6)14-13(9-18)19-15(16-14)17(11(4)5)8-10(2)3/h9-12H,7-8H2,1-6H3. The van der Waals surface area contributed by atoms with E-state index in [1.54, 1.807) is 0 Å². The number of anilines is 1. The summed E-state index contributed by atoms with van der Waals surface area (Å²) in [6.07, 6.45) is 1.96. The Hall–Kier alpha value is -0.900. The molecule has 3 nitrogen and oxygen atoms in total. The second-order valence-electron chi connectivity index (χ2n) is 5.81. The van der Waals surface area contributed by atoms with E-state index >= 15 is 0 Å². The van der Waals surface area contributed by atoms with Crippen LogP contribution in [0.25, 0.3) is 0 Å². The van der Waals surface area contributed by atoms with E-state index in [0.29, 0.717) is 17.9 Å². The fourth-order valence-electron chi connectivity index (χ4n) is 1.99. The van der Waals surface area contributed by atoms with Crippen molar-refractivity contribution in [3.8, 4) is 0 Å². The Kier molecular flexibility index (Phi) is 5.98. The van der Waals surface area contributed by atoms with Gasteiger partial charge in [0.25, 0.3) is 0 Å². The van der Waals surface area contributed by atoms with Crippen LogP contribution in [0, 0.1) is 5.92 Å². The van der Waals surface area contributed by atoms with Crippen molar-refractivity contribution in [2.75, 3.05) is 11.4 Å². The van der Waals surface area contributed by atoms with Gasteiger partial charge in [-0.05, 0) is 32.1 Å². The van der Waals surface area contributed by atoms with Gasteiger partial charge in [-0.15, -0.1) is 0 Å². The van der Waals surface area contributed by atoms with Crippen molar-refractivity contribution in [1.82, 2.24) is 4.98 Å². The third-order valence-electron chi connectivity index (χ3n) is 3.29. The van der Waals surface area contributed by atoms with Gasteiger partial charge in [0, 0.05) is 12.6 Å². The van der Waals surface area contributed by atoms with Crippen molar-refractivity contribution in [2.24, 2.45) is 5.92 Å². The first-order chi connectivity index (χ1) is 8.90. The molecule has 19 heavy (non-hydrogen) atoms. The van der Waals surface area contributed by atoms with Gasteiger partial charge in [0.2, 0.25) is 0 Å². The van der Waals surface area contributed by atoms with Gasteiger partial charge in [-0.25, -0.2) is 4.98 Å². The first-order valence-corrected chi connectivity index (χ1v) is 7.94. The van der Waals surface area contributed by atoms with Crippen molar-refractivity contribution in [2.45, 2.75) is 59.9 Å². The van der Waals surface area contributed by atoms with E-state index in [0.717, 1.165) is 35.0 Å². The van der Waals surface area contributed by atoms with Crippen LogP contribution in [0.3, 0.4) is 0 Å². The first kappa shape index (κ1) is 16.2. The number of thiazole rings is 1. The maximum Gasteiger partial charge on any atom is 0.186 e. The van der Waals surface area contributed by atoms with Gasteiger partial charge < -0.3 is 4.90 Å². The first-order valence-electron chi connectivity index (χ1n) is 7.13. The molecule has 0 fully saturated rings. The van der Waals surface area contributed by atoms with Crippen LogP contribution >= 0.6 is 11.3 Å². The summed E-state index contributed by atoms with van der Waals surface area (Å²) in [5.74, 6) is 0.927. The van der Waals surface area contributed by atoms with Crippen LogP contribution in [0.15, 0.2) is 0 Å². The normalized spacial score (nSPS) is 13.1. The Labute approximate surface area is 121 Å². The molecule has 1 unspecified atom stereocenters. The van der Waals surface area contributed by atoms with Crippen molar-refractivity contribution >= 4 is 22.8 Å². The largest absolute Gasteiger partial charge is 0.345 e. The van der Waals surface area contributed by atoms with Gasteiger partial charge in [-0.3, -0.25) is 4.79 Å². The summed E-state index contributed by atoms with van der Waals surface area (Å²) in [7, 11) is 0. The van der Waals surface area contributed by atoms with Crippen LogP contribution in [0.4, 0.5) is 5.13 Å². The van der Waals surface area contributed by atoms with Gasteiger partial charge in [-0.2, -0.15) is 0 Å². The Morgan fingerprint density at radius 3 is 2.32 bits per heavy atom. The fraction of sp³-hybridized carbons (Fsp3) is 0.733. The molecule has 0 radical (unpaired) electrons.